The summed E-state index contributed by atoms with van der Waals surface area (Å²) in [6.07, 6.45) is 1.48. The number of anilines is 3. The summed E-state index contributed by atoms with van der Waals surface area (Å²) in [4.78, 5) is 16.6. The van der Waals surface area contributed by atoms with Gasteiger partial charge in [0.15, 0.2) is 11.6 Å². The summed E-state index contributed by atoms with van der Waals surface area (Å²) < 4.78 is 26.0. The molecule has 0 bridgehead atoms. The zero-order chi connectivity index (χ0) is 16.2. The maximum atomic E-state index is 13.1. The summed E-state index contributed by atoms with van der Waals surface area (Å²) in [5.74, 6) is -1.60. The molecule has 1 amide bonds. The predicted octanol–water partition coefficient (Wildman–Crippen LogP) is 4.42. The van der Waals surface area contributed by atoms with Gasteiger partial charge in [0.1, 0.15) is 5.82 Å². The van der Waals surface area contributed by atoms with Gasteiger partial charge in [-0.3, -0.25) is 4.79 Å². The second-order valence-electron chi connectivity index (χ2n) is 4.62. The molecule has 4 nitrogen and oxygen atoms in total. The van der Waals surface area contributed by atoms with E-state index in [-0.39, 0.29) is 5.91 Å². The molecule has 0 aliphatic heterocycles. The molecule has 1 aromatic carbocycles. The topological polar surface area (TPSA) is 54.0 Å². The standard InChI is InChI=1S/C16H11F2N3OS/c17-12-5-3-10(8-13(12)18)20-15-6-4-11(9-19-15)21-16(22)14-2-1-7-23-14/h1-9H,(H,19,20)(H,21,22). The lowest BCUT2D eigenvalue weighted by molar-refractivity contribution is 0.103. The van der Waals surface area contributed by atoms with Crippen molar-refractivity contribution < 1.29 is 13.6 Å². The van der Waals surface area contributed by atoms with Crippen LogP contribution < -0.4 is 10.6 Å². The van der Waals surface area contributed by atoms with E-state index in [1.165, 1.54) is 23.6 Å². The van der Waals surface area contributed by atoms with Crippen molar-refractivity contribution >= 4 is 34.4 Å². The van der Waals surface area contributed by atoms with Crippen molar-refractivity contribution in [2.45, 2.75) is 0 Å². The Labute approximate surface area is 134 Å². The molecule has 0 saturated heterocycles. The van der Waals surface area contributed by atoms with Gasteiger partial charge in [-0.25, -0.2) is 13.8 Å². The van der Waals surface area contributed by atoms with Crippen molar-refractivity contribution in [1.29, 1.82) is 0 Å². The van der Waals surface area contributed by atoms with Gasteiger partial charge in [-0.15, -0.1) is 11.3 Å². The number of benzene rings is 1. The highest BCUT2D eigenvalue weighted by molar-refractivity contribution is 7.12. The summed E-state index contributed by atoms with van der Waals surface area (Å²) in [7, 11) is 0. The van der Waals surface area contributed by atoms with Gasteiger partial charge in [0, 0.05) is 11.8 Å². The third-order valence-corrected chi connectivity index (χ3v) is 3.83. The summed E-state index contributed by atoms with van der Waals surface area (Å²) in [6, 6.07) is 10.3. The first-order valence-electron chi connectivity index (χ1n) is 6.65. The molecule has 2 aromatic heterocycles. The second kappa shape index (κ2) is 6.53. The molecule has 3 aromatic rings. The first-order chi connectivity index (χ1) is 11.1. The Balaban J connectivity index is 1.67. The van der Waals surface area contributed by atoms with Crippen LogP contribution in [0.3, 0.4) is 0 Å². The molecule has 2 heterocycles. The lowest BCUT2D eigenvalue weighted by atomic mass is 10.3. The molecule has 23 heavy (non-hydrogen) atoms. The third kappa shape index (κ3) is 3.70. The maximum absolute atomic E-state index is 13.1. The number of nitrogens with one attached hydrogen (secondary N) is 2. The van der Waals surface area contributed by atoms with Crippen molar-refractivity contribution in [3.8, 4) is 0 Å². The van der Waals surface area contributed by atoms with Gasteiger partial charge in [-0.1, -0.05) is 6.07 Å². The average molecular weight is 331 g/mol. The fraction of sp³-hybridized carbons (Fsp3) is 0. The fourth-order valence-electron chi connectivity index (χ4n) is 1.86. The van der Waals surface area contributed by atoms with E-state index >= 15 is 0 Å². The molecule has 0 aliphatic rings. The maximum Gasteiger partial charge on any atom is 0.265 e. The molecule has 0 radical (unpaired) electrons. The van der Waals surface area contributed by atoms with Crippen molar-refractivity contribution in [2.75, 3.05) is 10.6 Å². The summed E-state index contributed by atoms with van der Waals surface area (Å²) >= 11 is 1.35. The van der Waals surface area contributed by atoms with E-state index < -0.39 is 11.6 Å². The zero-order valence-corrected chi connectivity index (χ0v) is 12.5. The highest BCUT2D eigenvalue weighted by Gasteiger charge is 2.07. The summed E-state index contributed by atoms with van der Waals surface area (Å²) in [6.45, 7) is 0. The first kappa shape index (κ1) is 15.1. The quantitative estimate of drug-likeness (QED) is 0.744. The van der Waals surface area contributed by atoms with Crippen LogP contribution in [0.25, 0.3) is 0 Å². The molecule has 0 saturated carbocycles. The Hall–Kier alpha value is -2.80. The van der Waals surface area contributed by atoms with Gasteiger partial charge < -0.3 is 10.6 Å². The monoisotopic (exact) mass is 331 g/mol. The van der Waals surface area contributed by atoms with Crippen molar-refractivity contribution in [3.63, 3.8) is 0 Å². The molecule has 0 unspecified atom stereocenters. The van der Waals surface area contributed by atoms with E-state index in [1.807, 2.05) is 5.38 Å². The molecule has 3 rings (SSSR count). The number of rotatable bonds is 4. The number of carbonyl (C=O) groups is 1. The molecule has 2 N–H and O–H groups in total. The number of halogens is 2. The lowest BCUT2D eigenvalue weighted by Gasteiger charge is -2.07. The van der Waals surface area contributed by atoms with Crippen LogP contribution in [-0.2, 0) is 0 Å². The van der Waals surface area contributed by atoms with Crippen molar-refractivity contribution in [3.05, 3.63) is 70.6 Å². The normalized spacial score (nSPS) is 10.3. The summed E-state index contributed by atoms with van der Waals surface area (Å²) in [5.41, 5.74) is 0.922. The van der Waals surface area contributed by atoms with E-state index in [1.54, 1.807) is 24.3 Å². The van der Waals surface area contributed by atoms with Gasteiger partial charge in [-0.05, 0) is 35.7 Å². The van der Waals surface area contributed by atoms with Gasteiger partial charge in [0.05, 0.1) is 16.8 Å². The van der Waals surface area contributed by atoms with Crippen LogP contribution in [0.1, 0.15) is 9.67 Å². The highest BCUT2D eigenvalue weighted by atomic mass is 32.1. The molecular formula is C16H11F2N3OS. The van der Waals surface area contributed by atoms with E-state index in [2.05, 4.69) is 15.6 Å². The predicted molar refractivity (Wildman–Crippen MR) is 86.1 cm³/mol. The van der Waals surface area contributed by atoms with Crippen molar-refractivity contribution in [2.24, 2.45) is 0 Å². The van der Waals surface area contributed by atoms with Gasteiger partial charge in [0.25, 0.3) is 5.91 Å². The van der Waals surface area contributed by atoms with Crippen LogP contribution in [0.5, 0.6) is 0 Å². The number of pyridine rings is 1. The Morgan fingerprint density at radius 1 is 1.04 bits per heavy atom. The molecule has 7 heteroatoms. The number of hydrogen-bond acceptors (Lipinski definition) is 4. The minimum absolute atomic E-state index is 0.205. The smallest absolute Gasteiger partial charge is 0.265 e. The fourth-order valence-corrected chi connectivity index (χ4v) is 2.48. The van der Waals surface area contributed by atoms with Crippen LogP contribution in [-0.4, -0.2) is 10.9 Å². The van der Waals surface area contributed by atoms with Crippen LogP contribution in [0.4, 0.5) is 26.0 Å². The number of hydrogen-bond donors (Lipinski definition) is 2. The Bertz CT molecular complexity index is 820. The minimum atomic E-state index is -0.935. The molecule has 0 spiro atoms. The minimum Gasteiger partial charge on any atom is -0.340 e. The number of amides is 1. The molecule has 0 atom stereocenters. The van der Waals surface area contributed by atoms with Crippen LogP contribution in [0.2, 0.25) is 0 Å². The number of carbonyl (C=O) groups excluding carboxylic acids is 1. The number of aromatic nitrogens is 1. The van der Waals surface area contributed by atoms with Crippen molar-refractivity contribution in [1.82, 2.24) is 4.98 Å². The second-order valence-corrected chi connectivity index (χ2v) is 5.57. The van der Waals surface area contributed by atoms with Crippen LogP contribution >= 0.6 is 11.3 Å². The van der Waals surface area contributed by atoms with E-state index in [0.29, 0.717) is 22.1 Å². The van der Waals surface area contributed by atoms with E-state index in [0.717, 1.165) is 12.1 Å². The zero-order valence-electron chi connectivity index (χ0n) is 11.7. The Morgan fingerprint density at radius 2 is 1.87 bits per heavy atom. The lowest BCUT2D eigenvalue weighted by Crippen LogP contribution is -2.10. The number of thiophene rings is 1. The van der Waals surface area contributed by atoms with E-state index in [9.17, 15) is 13.6 Å². The Kier molecular flexibility index (Phi) is 4.29. The molecular weight excluding hydrogens is 320 g/mol. The SMILES string of the molecule is O=C(Nc1ccc(Nc2ccc(F)c(F)c2)nc1)c1cccs1. The van der Waals surface area contributed by atoms with E-state index in [4.69, 9.17) is 0 Å². The molecule has 0 fully saturated rings. The van der Waals surface area contributed by atoms with Gasteiger partial charge in [0.2, 0.25) is 0 Å². The summed E-state index contributed by atoms with van der Waals surface area (Å²) in [5, 5.41) is 7.40. The molecule has 116 valence electrons. The molecule has 0 aliphatic carbocycles. The average Bonchev–Trinajstić information content (AvgIpc) is 3.07. The van der Waals surface area contributed by atoms with Gasteiger partial charge >= 0.3 is 0 Å². The third-order valence-electron chi connectivity index (χ3n) is 2.96. The Morgan fingerprint density at radius 3 is 2.52 bits per heavy atom. The largest absolute Gasteiger partial charge is 0.340 e. The number of nitrogens with zero attached hydrogens (tertiary/aromatic N) is 1. The van der Waals surface area contributed by atoms with Crippen LogP contribution in [0.15, 0.2) is 54.0 Å². The van der Waals surface area contributed by atoms with Gasteiger partial charge in [-0.2, -0.15) is 0 Å². The van der Waals surface area contributed by atoms with Crippen LogP contribution in [0, 0.1) is 11.6 Å². The highest BCUT2D eigenvalue weighted by Crippen LogP contribution is 2.19. The first-order valence-corrected chi connectivity index (χ1v) is 7.53.